The van der Waals surface area contributed by atoms with Gasteiger partial charge in [-0.1, -0.05) is 18.2 Å². The highest BCUT2D eigenvalue weighted by Gasteiger charge is 2.30. The van der Waals surface area contributed by atoms with Crippen LogP contribution in [0.5, 0.6) is 0 Å². The van der Waals surface area contributed by atoms with Crippen molar-refractivity contribution in [3.05, 3.63) is 54.0 Å². The van der Waals surface area contributed by atoms with Gasteiger partial charge in [-0.2, -0.15) is 0 Å². The molecule has 1 saturated carbocycles. The molecule has 1 aromatic heterocycles. The maximum atomic E-state index is 11.9. The van der Waals surface area contributed by atoms with Gasteiger partial charge in [0.05, 0.1) is 12.2 Å². The van der Waals surface area contributed by atoms with Crippen LogP contribution in [0.4, 0.5) is 5.82 Å². The van der Waals surface area contributed by atoms with Crippen LogP contribution in [0.15, 0.2) is 42.7 Å². The first-order chi connectivity index (χ1) is 12.1. The molecule has 1 fully saturated rings. The Bertz CT molecular complexity index is 745. The van der Waals surface area contributed by atoms with E-state index in [4.69, 9.17) is 10.5 Å². The van der Waals surface area contributed by atoms with E-state index in [1.807, 2.05) is 18.2 Å². The average molecular weight is 340 g/mol. The highest BCUT2D eigenvalue weighted by Crippen LogP contribution is 2.34. The van der Waals surface area contributed by atoms with Crippen molar-refractivity contribution in [2.24, 2.45) is 17.6 Å². The second-order valence-electron chi connectivity index (χ2n) is 6.17. The molecule has 1 heterocycles. The van der Waals surface area contributed by atoms with Crippen molar-refractivity contribution in [1.82, 2.24) is 9.97 Å². The highest BCUT2D eigenvalue weighted by atomic mass is 16.5. The number of aromatic nitrogens is 2. The number of anilines is 1. The van der Waals surface area contributed by atoms with Crippen molar-refractivity contribution in [3.8, 4) is 0 Å². The predicted octanol–water partition coefficient (Wildman–Crippen LogP) is 1.87. The van der Waals surface area contributed by atoms with Crippen LogP contribution in [0.1, 0.15) is 33.7 Å². The third-order valence-corrected chi connectivity index (χ3v) is 4.28. The molecule has 2 aromatic rings. The second-order valence-corrected chi connectivity index (χ2v) is 6.17. The second kappa shape index (κ2) is 7.74. The summed E-state index contributed by atoms with van der Waals surface area (Å²) in [5, 5.41) is 3.13. The van der Waals surface area contributed by atoms with Crippen LogP contribution in [0.25, 0.3) is 0 Å². The predicted molar refractivity (Wildman–Crippen MR) is 92.0 cm³/mol. The molecule has 3 N–H and O–H groups in total. The Kier molecular flexibility index (Phi) is 5.23. The van der Waals surface area contributed by atoms with Gasteiger partial charge in [-0.15, -0.1) is 0 Å². The molecular weight excluding hydrogens is 320 g/mol. The number of hydrogen-bond donors (Lipinski definition) is 2. The Morgan fingerprint density at radius 2 is 1.84 bits per heavy atom. The molecule has 1 aliphatic carbocycles. The number of carbonyl (C=O) groups excluding carboxylic acids is 2. The molecule has 0 atom stereocenters. The molecule has 3 rings (SSSR count). The minimum atomic E-state index is -0.602. The molecule has 7 heteroatoms. The minimum Gasteiger partial charge on any atom is -0.462 e. The van der Waals surface area contributed by atoms with Gasteiger partial charge in [0.15, 0.2) is 11.5 Å². The first-order valence-electron chi connectivity index (χ1n) is 8.20. The van der Waals surface area contributed by atoms with Gasteiger partial charge in [0, 0.05) is 18.9 Å². The molecule has 0 saturated heterocycles. The van der Waals surface area contributed by atoms with Crippen LogP contribution in [0.3, 0.4) is 0 Å². The quantitative estimate of drug-likeness (QED) is 0.745. The van der Waals surface area contributed by atoms with E-state index < -0.39 is 5.91 Å². The number of carbonyl (C=O) groups is 2. The van der Waals surface area contributed by atoms with Gasteiger partial charge >= 0.3 is 5.97 Å². The van der Waals surface area contributed by atoms with Gasteiger partial charge in [0.2, 0.25) is 0 Å². The van der Waals surface area contributed by atoms with E-state index in [1.54, 1.807) is 12.1 Å². The van der Waals surface area contributed by atoms with E-state index in [1.165, 1.54) is 12.4 Å². The largest absolute Gasteiger partial charge is 0.462 e. The molecule has 0 radical (unpaired) electrons. The van der Waals surface area contributed by atoms with Crippen LogP contribution in [-0.4, -0.2) is 35.0 Å². The molecule has 1 amide bonds. The number of amides is 1. The SMILES string of the molecule is NC(=O)c1nccnc1NCC1CC(COC(=O)c2ccccc2)C1. The van der Waals surface area contributed by atoms with Gasteiger partial charge in [0.25, 0.3) is 5.91 Å². The molecule has 0 aliphatic heterocycles. The van der Waals surface area contributed by atoms with Crippen molar-refractivity contribution in [2.45, 2.75) is 12.8 Å². The molecular formula is C18H20N4O3. The maximum Gasteiger partial charge on any atom is 0.338 e. The van der Waals surface area contributed by atoms with Gasteiger partial charge in [-0.25, -0.2) is 14.8 Å². The van der Waals surface area contributed by atoms with E-state index in [0.29, 0.717) is 36.4 Å². The molecule has 1 aromatic carbocycles. The van der Waals surface area contributed by atoms with Gasteiger partial charge in [-0.3, -0.25) is 4.79 Å². The number of nitrogens with one attached hydrogen (secondary N) is 1. The zero-order valence-corrected chi connectivity index (χ0v) is 13.7. The Morgan fingerprint density at radius 3 is 2.56 bits per heavy atom. The third-order valence-electron chi connectivity index (χ3n) is 4.28. The van der Waals surface area contributed by atoms with Crippen molar-refractivity contribution in [1.29, 1.82) is 0 Å². The van der Waals surface area contributed by atoms with Crippen molar-refractivity contribution in [2.75, 3.05) is 18.5 Å². The van der Waals surface area contributed by atoms with Gasteiger partial charge < -0.3 is 15.8 Å². The van der Waals surface area contributed by atoms with Crippen LogP contribution < -0.4 is 11.1 Å². The number of hydrogen-bond acceptors (Lipinski definition) is 6. The molecule has 1 aliphatic rings. The number of esters is 1. The number of nitrogens with zero attached hydrogens (tertiary/aromatic N) is 2. The van der Waals surface area contributed by atoms with Crippen molar-refractivity contribution in [3.63, 3.8) is 0 Å². The summed E-state index contributed by atoms with van der Waals surface area (Å²) in [6, 6.07) is 8.98. The van der Waals surface area contributed by atoms with Crippen molar-refractivity contribution >= 4 is 17.7 Å². The van der Waals surface area contributed by atoms with Crippen molar-refractivity contribution < 1.29 is 14.3 Å². The fraction of sp³-hybridized carbons (Fsp3) is 0.333. The zero-order valence-electron chi connectivity index (χ0n) is 13.7. The average Bonchev–Trinajstić information content (AvgIpc) is 2.60. The summed E-state index contributed by atoms with van der Waals surface area (Å²) in [5.41, 5.74) is 5.99. The maximum absolute atomic E-state index is 11.9. The molecule has 0 unspecified atom stereocenters. The Labute approximate surface area is 145 Å². The molecule has 0 bridgehead atoms. The van der Waals surface area contributed by atoms with E-state index in [2.05, 4.69) is 15.3 Å². The van der Waals surface area contributed by atoms with Crippen LogP contribution in [0.2, 0.25) is 0 Å². The monoisotopic (exact) mass is 340 g/mol. The first-order valence-corrected chi connectivity index (χ1v) is 8.20. The van der Waals surface area contributed by atoms with Gasteiger partial charge in [-0.05, 0) is 36.8 Å². The van der Waals surface area contributed by atoms with Crippen LogP contribution in [0, 0.1) is 11.8 Å². The zero-order chi connectivity index (χ0) is 17.6. The third kappa shape index (κ3) is 4.32. The number of ether oxygens (including phenoxy) is 1. The summed E-state index contributed by atoms with van der Waals surface area (Å²) in [7, 11) is 0. The standard InChI is InChI=1S/C18H20N4O3/c19-16(23)15-17(21-7-6-20-15)22-10-12-8-13(9-12)11-25-18(24)14-4-2-1-3-5-14/h1-7,12-13H,8-11H2,(H2,19,23)(H,21,22). The fourth-order valence-corrected chi connectivity index (χ4v) is 2.92. The number of primary amides is 1. The lowest BCUT2D eigenvalue weighted by atomic mass is 9.75. The van der Waals surface area contributed by atoms with Crippen LogP contribution in [-0.2, 0) is 4.74 Å². The first kappa shape index (κ1) is 16.9. The number of benzene rings is 1. The van der Waals surface area contributed by atoms with E-state index in [-0.39, 0.29) is 11.7 Å². The summed E-state index contributed by atoms with van der Waals surface area (Å²) in [6.07, 6.45) is 4.87. The molecule has 7 nitrogen and oxygen atoms in total. The highest BCUT2D eigenvalue weighted by molar-refractivity contribution is 5.95. The van der Waals surface area contributed by atoms with E-state index in [9.17, 15) is 9.59 Å². The lowest BCUT2D eigenvalue weighted by Gasteiger charge is -2.35. The smallest absolute Gasteiger partial charge is 0.338 e. The normalized spacial score (nSPS) is 18.9. The summed E-state index contributed by atoms with van der Waals surface area (Å²) in [4.78, 5) is 31.2. The Morgan fingerprint density at radius 1 is 1.12 bits per heavy atom. The Balaban J connectivity index is 1.39. The lowest BCUT2D eigenvalue weighted by molar-refractivity contribution is 0.0299. The molecule has 130 valence electrons. The number of nitrogens with two attached hydrogens (primary N) is 1. The molecule has 0 spiro atoms. The summed E-state index contributed by atoms with van der Waals surface area (Å²) in [6.45, 7) is 1.12. The fourth-order valence-electron chi connectivity index (χ4n) is 2.92. The summed E-state index contributed by atoms with van der Waals surface area (Å²) >= 11 is 0. The van der Waals surface area contributed by atoms with E-state index in [0.717, 1.165) is 12.8 Å². The topological polar surface area (TPSA) is 107 Å². The Hall–Kier alpha value is -2.96. The molecule has 25 heavy (non-hydrogen) atoms. The summed E-state index contributed by atoms with van der Waals surface area (Å²) < 4.78 is 5.35. The summed E-state index contributed by atoms with van der Waals surface area (Å²) in [5.74, 6) is 0.344. The van der Waals surface area contributed by atoms with Gasteiger partial charge in [0.1, 0.15) is 0 Å². The minimum absolute atomic E-state index is 0.148. The lowest BCUT2D eigenvalue weighted by Crippen LogP contribution is -2.33. The van der Waals surface area contributed by atoms with Crippen LogP contribution >= 0.6 is 0 Å². The number of rotatable bonds is 7. The van der Waals surface area contributed by atoms with E-state index >= 15 is 0 Å².